The molecule has 1 heterocycles. The van der Waals surface area contributed by atoms with Gasteiger partial charge in [-0.05, 0) is 34.1 Å². The molecule has 0 aliphatic heterocycles. The lowest BCUT2D eigenvalue weighted by Crippen LogP contribution is -2.20. The zero-order chi connectivity index (χ0) is 12.8. The van der Waals surface area contributed by atoms with E-state index in [-0.39, 0.29) is 12.5 Å². The van der Waals surface area contributed by atoms with Crippen LogP contribution in [0, 0.1) is 0 Å². The maximum atomic E-state index is 11.6. The van der Waals surface area contributed by atoms with E-state index in [1.165, 1.54) is 0 Å². The molecule has 0 radical (unpaired) electrons. The number of halogens is 1. The summed E-state index contributed by atoms with van der Waals surface area (Å²) < 4.78 is 6.14. The summed E-state index contributed by atoms with van der Waals surface area (Å²) in [7, 11) is 0. The molecule has 0 saturated carbocycles. The van der Waals surface area contributed by atoms with E-state index >= 15 is 0 Å². The van der Waals surface area contributed by atoms with E-state index in [1.54, 1.807) is 30.6 Å². The van der Waals surface area contributed by atoms with Crippen LogP contribution in [-0.4, -0.2) is 17.5 Å². The number of pyridine rings is 1. The number of nitrogens with one attached hydrogen (secondary N) is 1. The number of rotatable bonds is 4. The van der Waals surface area contributed by atoms with Crippen LogP contribution in [-0.2, 0) is 4.79 Å². The van der Waals surface area contributed by atoms with Gasteiger partial charge in [0.2, 0.25) is 0 Å². The molecular formula is C13H11BrN2O2. The van der Waals surface area contributed by atoms with E-state index in [2.05, 4.69) is 26.2 Å². The summed E-state index contributed by atoms with van der Waals surface area (Å²) in [5, 5.41) is 2.70. The summed E-state index contributed by atoms with van der Waals surface area (Å²) >= 11 is 3.28. The van der Waals surface area contributed by atoms with E-state index in [0.29, 0.717) is 11.4 Å². The molecule has 0 spiro atoms. The summed E-state index contributed by atoms with van der Waals surface area (Å²) in [6, 6.07) is 11.0. The average molecular weight is 307 g/mol. The number of amides is 1. The summed E-state index contributed by atoms with van der Waals surface area (Å²) in [4.78, 5) is 15.6. The molecule has 2 rings (SSSR count). The van der Waals surface area contributed by atoms with Gasteiger partial charge in [0.15, 0.2) is 6.61 Å². The Hall–Kier alpha value is -1.88. The predicted octanol–water partition coefficient (Wildman–Crippen LogP) is 2.86. The first-order valence-electron chi connectivity index (χ1n) is 5.32. The lowest BCUT2D eigenvalue weighted by molar-refractivity contribution is -0.118. The second-order valence-corrected chi connectivity index (χ2v) is 4.46. The van der Waals surface area contributed by atoms with E-state index < -0.39 is 0 Å². The van der Waals surface area contributed by atoms with Crippen molar-refractivity contribution in [2.45, 2.75) is 0 Å². The van der Waals surface area contributed by atoms with Crippen LogP contribution in [0.1, 0.15) is 0 Å². The number of carbonyl (C=O) groups is 1. The second-order valence-electron chi connectivity index (χ2n) is 3.54. The third kappa shape index (κ3) is 3.85. The Morgan fingerprint density at radius 2 is 2.06 bits per heavy atom. The monoisotopic (exact) mass is 306 g/mol. The van der Waals surface area contributed by atoms with Gasteiger partial charge in [0, 0.05) is 10.7 Å². The minimum Gasteiger partial charge on any atom is -0.484 e. The minimum absolute atomic E-state index is 0.0312. The molecule has 1 N–H and O–H groups in total. The second kappa shape index (κ2) is 6.16. The van der Waals surface area contributed by atoms with Crippen molar-refractivity contribution < 1.29 is 9.53 Å². The van der Waals surface area contributed by atoms with Gasteiger partial charge in [0.1, 0.15) is 5.75 Å². The minimum atomic E-state index is -0.223. The largest absolute Gasteiger partial charge is 0.484 e. The zero-order valence-electron chi connectivity index (χ0n) is 9.47. The number of hydrogen-bond acceptors (Lipinski definition) is 3. The smallest absolute Gasteiger partial charge is 0.262 e. The van der Waals surface area contributed by atoms with Gasteiger partial charge in [-0.15, -0.1) is 0 Å². The fourth-order valence-electron chi connectivity index (χ4n) is 1.34. The normalized spacial score (nSPS) is 9.83. The van der Waals surface area contributed by atoms with Gasteiger partial charge in [-0.25, -0.2) is 0 Å². The molecule has 92 valence electrons. The Balaban J connectivity index is 1.86. The Morgan fingerprint density at radius 1 is 1.28 bits per heavy atom. The van der Waals surface area contributed by atoms with Gasteiger partial charge < -0.3 is 10.1 Å². The quantitative estimate of drug-likeness (QED) is 0.945. The summed E-state index contributed by atoms with van der Waals surface area (Å²) in [5.41, 5.74) is 0.631. The van der Waals surface area contributed by atoms with Crippen LogP contribution in [0.15, 0.2) is 53.3 Å². The van der Waals surface area contributed by atoms with Gasteiger partial charge in [0.25, 0.3) is 5.91 Å². The fourth-order valence-corrected chi connectivity index (χ4v) is 1.71. The zero-order valence-corrected chi connectivity index (χ0v) is 11.1. The predicted molar refractivity (Wildman–Crippen MR) is 72.5 cm³/mol. The topological polar surface area (TPSA) is 51.2 Å². The maximum Gasteiger partial charge on any atom is 0.262 e. The summed E-state index contributed by atoms with van der Waals surface area (Å²) in [5.74, 6) is 0.443. The van der Waals surface area contributed by atoms with Crippen molar-refractivity contribution in [3.8, 4) is 5.75 Å². The lowest BCUT2D eigenvalue weighted by atomic mass is 10.3. The van der Waals surface area contributed by atoms with Gasteiger partial charge in [-0.3, -0.25) is 9.78 Å². The van der Waals surface area contributed by atoms with Crippen LogP contribution < -0.4 is 10.1 Å². The molecule has 0 aliphatic carbocycles. The first kappa shape index (κ1) is 12.6. The SMILES string of the molecule is O=C(COc1ccccc1)Nc1cncc(Br)c1. The van der Waals surface area contributed by atoms with Crippen LogP contribution in [0.3, 0.4) is 0 Å². The van der Waals surface area contributed by atoms with Gasteiger partial charge in [-0.2, -0.15) is 0 Å². The van der Waals surface area contributed by atoms with Crippen molar-refractivity contribution in [2.24, 2.45) is 0 Å². The Morgan fingerprint density at radius 3 is 2.78 bits per heavy atom. The average Bonchev–Trinajstić information content (AvgIpc) is 2.38. The Kier molecular flexibility index (Phi) is 4.30. The van der Waals surface area contributed by atoms with Crippen LogP contribution in [0.4, 0.5) is 5.69 Å². The molecule has 1 aromatic heterocycles. The van der Waals surface area contributed by atoms with Crippen LogP contribution >= 0.6 is 15.9 Å². The summed E-state index contributed by atoms with van der Waals surface area (Å²) in [6.45, 7) is -0.0312. The maximum absolute atomic E-state index is 11.6. The number of ether oxygens (including phenoxy) is 1. The number of para-hydroxylation sites is 1. The molecule has 0 saturated heterocycles. The number of hydrogen-bond donors (Lipinski definition) is 1. The van der Waals surface area contributed by atoms with Crippen molar-refractivity contribution in [3.05, 3.63) is 53.3 Å². The van der Waals surface area contributed by atoms with Gasteiger partial charge >= 0.3 is 0 Å². The van der Waals surface area contributed by atoms with Crippen LogP contribution in [0.25, 0.3) is 0 Å². The van der Waals surface area contributed by atoms with Crippen LogP contribution in [0.5, 0.6) is 5.75 Å². The fraction of sp³-hybridized carbons (Fsp3) is 0.0769. The number of carbonyl (C=O) groups excluding carboxylic acids is 1. The molecule has 1 aromatic carbocycles. The molecule has 2 aromatic rings. The van der Waals surface area contributed by atoms with E-state index in [9.17, 15) is 4.79 Å². The molecule has 5 heteroatoms. The standard InChI is InChI=1S/C13H11BrN2O2/c14-10-6-11(8-15-7-10)16-13(17)9-18-12-4-2-1-3-5-12/h1-8H,9H2,(H,16,17). The Bertz CT molecular complexity index is 532. The number of nitrogens with zero attached hydrogens (tertiary/aromatic N) is 1. The van der Waals surface area contributed by atoms with Crippen molar-refractivity contribution >= 4 is 27.5 Å². The molecular weight excluding hydrogens is 296 g/mol. The number of benzene rings is 1. The van der Waals surface area contributed by atoms with E-state index in [4.69, 9.17) is 4.74 Å². The highest BCUT2D eigenvalue weighted by Crippen LogP contribution is 2.13. The van der Waals surface area contributed by atoms with Crippen molar-refractivity contribution in [3.63, 3.8) is 0 Å². The number of aromatic nitrogens is 1. The first-order chi connectivity index (χ1) is 8.74. The highest BCUT2D eigenvalue weighted by molar-refractivity contribution is 9.10. The number of anilines is 1. The third-order valence-electron chi connectivity index (χ3n) is 2.10. The molecule has 18 heavy (non-hydrogen) atoms. The summed E-state index contributed by atoms with van der Waals surface area (Å²) in [6.07, 6.45) is 3.22. The lowest BCUT2D eigenvalue weighted by Gasteiger charge is -2.07. The third-order valence-corrected chi connectivity index (χ3v) is 2.54. The molecule has 0 fully saturated rings. The van der Waals surface area contributed by atoms with Crippen molar-refractivity contribution in [1.82, 2.24) is 4.98 Å². The highest BCUT2D eigenvalue weighted by Gasteiger charge is 2.04. The molecule has 1 amide bonds. The van der Waals surface area contributed by atoms with Crippen molar-refractivity contribution in [1.29, 1.82) is 0 Å². The van der Waals surface area contributed by atoms with E-state index in [0.717, 1.165) is 4.47 Å². The highest BCUT2D eigenvalue weighted by atomic mass is 79.9. The first-order valence-corrected chi connectivity index (χ1v) is 6.11. The Labute approximate surface area is 113 Å². The van der Waals surface area contributed by atoms with Gasteiger partial charge in [0.05, 0.1) is 11.9 Å². The van der Waals surface area contributed by atoms with Crippen molar-refractivity contribution in [2.75, 3.05) is 11.9 Å². The molecule has 0 aliphatic rings. The molecule has 0 unspecified atom stereocenters. The van der Waals surface area contributed by atoms with E-state index in [1.807, 2.05) is 18.2 Å². The molecule has 0 atom stereocenters. The van der Waals surface area contributed by atoms with Gasteiger partial charge in [-0.1, -0.05) is 18.2 Å². The molecule has 0 bridgehead atoms. The van der Waals surface area contributed by atoms with Crippen LogP contribution in [0.2, 0.25) is 0 Å². The molecule has 4 nitrogen and oxygen atoms in total.